The molecule has 1 aliphatic rings. The third-order valence-corrected chi connectivity index (χ3v) is 5.34. The fraction of sp³-hybridized carbons (Fsp3) is 0.500. The van der Waals surface area contributed by atoms with E-state index < -0.39 is 0 Å². The summed E-state index contributed by atoms with van der Waals surface area (Å²) in [4.78, 5) is 32.7. The molecule has 0 N–H and O–H groups in total. The number of carbonyl (C=O) groups is 1. The number of carbonyl (C=O) groups excluding carboxylic acids is 1. The van der Waals surface area contributed by atoms with Crippen LogP contribution in [0.25, 0.3) is 0 Å². The molecule has 2 aromatic heterocycles. The molecule has 1 atom stereocenters. The second-order valence-corrected chi connectivity index (χ2v) is 6.88. The van der Waals surface area contributed by atoms with Gasteiger partial charge in [-0.3, -0.25) is 9.59 Å². The Morgan fingerprint density at radius 2 is 2.17 bits per heavy atom. The fourth-order valence-electron chi connectivity index (χ4n) is 2.75. The van der Waals surface area contributed by atoms with Gasteiger partial charge in [0.2, 0.25) is 5.91 Å². The first-order chi connectivity index (χ1) is 11.6. The number of aromatic nitrogens is 3. The standard InChI is InChI=1S/C16H21N5O2S/c1-12(16-17-5-8-24-16)19(2)15(23)11-21-14(22)9-13(10-18-21)20-6-3-4-7-20/h5,8-10,12H,3-4,6-7,11H2,1-2H3. The Morgan fingerprint density at radius 1 is 1.42 bits per heavy atom. The smallest absolute Gasteiger partial charge is 0.269 e. The van der Waals surface area contributed by atoms with E-state index in [2.05, 4.69) is 15.0 Å². The van der Waals surface area contributed by atoms with E-state index in [-0.39, 0.29) is 24.1 Å². The highest BCUT2D eigenvalue weighted by atomic mass is 32.1. The summed E-state index contributed by atoms with van der Waals surface area (Å²) < 4.78 is 1.22. The molecule has 0 aliphatic carbocycles. The number of thiazole rings is 1. The Hall–Kier alpha value is -2.22. The van der Waals surface area contributed by atoms with Crippen LogP contribution in [0, 0.1) is 0 Å². The van der Waals surface area contributed by atoms with Gasteiger partial charge < -0.3 is 9.80 Å². The Balaban J connectivity index is 1.68. The van der Waals surface area contributed by atoms with Gasteiger partial charge in [0.15, 0.2) is 0 Å². The van der Waals surface area contributed by atoms with Crippen molar-refractivity contribution in [3.05, 3.63) is 39.2 Å². The lowest BCUT2D eigenvalue weighted by Gasteiger charge is -2.23. The topological polar surface area (TPSA) is 71.3 Å². The van der Waals surface area contributed by atoms with Gasteiger partial charge in [0.05, 0.1) is 17.9 Å². The van der Waals surface area contributed by atoms with Crippen LogP contribution >= 0.6 is 11.3 Å². The highest BCUT2D eigenvalue weighted by Gasteiger charge is 2.20. The Morgan fingerprint density at radius 3 is 2.79 bits per heavy atom. The molecule has 3 rings (SSSR count). The van der Waals surface area contributed by atoms with E-state index in [1.165, 1.54) is 16.0 Å². The van der Waals surface area contributed by atoms with Crippen LogP contribution in [0.4, 0.5) is 5.69 Å². The predicted molar refractivity (Wildman–Crippen MR) is 93.2 cm³/mol. The lowest BCUT2D eigenvalue weighted by Crippen LogP contribution is -2.36. The molecular weight excluding hydrogens is 326 g/mol. The summed E-state index contributed by atoms with van der Waals surface area (Å²) >= 11 is 1.51. The molecule has 0 bridgehead atoms. The molecule has 1 saturated heterocycles. The number of likely N-dealkylation sites (N-methyl/N-ethyl adjacent to an activating group) is 1. The van der Waals surface area contributed by atoms with E-state index in [1.807, 2.05) is 12.3 Å². The van der Waals surface area contributed by atoms with Crippen molar-refractivity contribution in [3.63, 3.8) is 0 Å². The van der Waals surface area contributed by atoms with E-state index in [0.29, 0.717) is 0 Å². The molecule has 0 radical (unpaired) electrons. The van der Waals surface area contributed by atoms with E-state index in [0.717, 1.165) is 36.6 Å². The van der Waals surface area contributed by atoms with Gasteiger partial charge in [-0.25, -0.2) is 9.67 Å². The highest BCUT2D eigenvalue weighted by Crippen LogP contribution is 2.21. The van der Waals surface area contributed by atoms with Gasteiger partial charge in [0.1, 0.15) is 11.6 Å². The summed E-state index contributed by atoms with van der Waals surface area (Å²) in [5.74, 6) is -0.166. The van der Waals surface area contributed by atoms with Crippen molar-refractivity contribution in [1.29, 1.82) is 0 Å². The van der Waals surface area contributed by atoms with E-state index in [4.69, 9.17) is 0 Å². The van der Waals surface area contributed by atoms with Crippen LogP contribution < -0.4 is 10.5 Å². The van der Waals surface area contributed by atoms with Crippen molar-refractivity contribution in [3.8, 4) is 0 Å². The summed E-state index contributed by atoms with van der Waals surface area (Å²) in [5, 5.41) is 6.92. The number of nitrogens with zero attached hydrogens (tertiary/aromatic N) is 5. The van der Waals surface area contributed by atoms with E-state index in [9.17, 15) is 9.59 Å². The van der Waals surface area contributed by atoms with Crippen LogP contribution in [0.1, 0.15) is 30.8 Å². The molecule has 128 valence electrons. The Bertz CT molecular complexity index is 752. The summed E-state index contributed by atoms with van der Waals surface area (Å²) in [6.45, 7) is 3.77. The van der Waals surface area contributed by atoms with E-state index >= 15 is 0 Å². The second kappa shape index (κ2) is 7.12. The molecule has 1 fully saturated rings. The maximum Gasteiger partial charge on any atom is 0.269 e. The lowest BCUT2D eigenvalue weighted by atomic mass is 10.3. The molecule has 1 aliphatic heterocycles. The average Bonchev–Trinajstić information content (AvgIpc) is 3.28. The minimum Gasteiger partial charge on any atom is -0.370 e. The number of hydrogen-bond donors (Lipinski definition) is 0. The van der Waals surface area contributed by atoms with Crippen LogP contribution in [-0.2, 0) is 11.3 Å². The Labute approximate surface area is 144 Å². The number of anilines is 1. The van der Waals surface area contributed by atoms with Crippen LogP contribution in [0.3, 0.4) is 0 Å². The summed E-state index contributed by atoms with van der Waals surface area (Å²) in [5.41, 5.74) is 0.591. The van der Waals surface area contributed by atoms with Crippen LogP contribution in [-0.4, -0.2) is 45.7 Å². The molecule has 0 aromatic carbocycles. The normalized spacial score (nSPS) is 15.5. The van der Waals surface area contributed by atoms with Gasteiger partial charge in [-0.1, -0.05) is 0 Å². The van der Waals surface area contributed by atoms with Gasteiger partial charge in [0.25, 0.3) is 5.56 Å². The average molecular weight is 347 g/mol. The van der Waals surface area contributed by atoms with Crippen LogP contribution in [0.2, 0.25) is 0 Å². The number of amides is 1. The van der Waals surface area contributed by atoms with E-state index in [1.54, 1.807) is 30.4 Å². The van der Waals surface area contributed by atoms with Gasteiger partial charge in [0, 0.05) is 37.8 Å². The number of hydrogen-bond acceptors (Lipinski definition) is 6. The summed E-state index contributed by atoms with van der Waals surface area (Å²) in [6.07, 6.45) is 5.67. The maximum absolute atomic E-state index is 12.4. The molecule has 24 heavy (non-hydrogen) atoms. The molecule has 7 nitrogen and oxygen atoms in total. The van der Waals surface area contributed by atoms with Crippen LogP contribution in [0.5, 0.6) is 0 Å². The molecule has 0 spiro atoms. The first-order valence-electron chi connectivity index (χ1n) is 8.03. The zero-order valence-electron chi connectivity index (χ0n) is 13.9. The molecule has 1 unspecified atom stereocenters. The number of rotatable bonds is 5. The zero-order chi connectivity index (χ0) is 17.1. The van der Waals surface area contributed by atoms with Crippen molar-refractivity contribution in [1.82, 2.24) is 19.7 Å². The van der Waals surface area contributed by atoms with Crippen molar-refractivity contribution in [2.75, 3.05) is 25.0 Å². The minimum absolute atomic E-state index is 0.0642. The first kappa shape index (κ1) is 16.6. The summed E-state index contributed by atoms with van der Waals surface area (Å²) in [6, 6.07) is 1.44. The molecule has 8 heteroatoms. The molecule has 1 amide bonds. The van der Waals surface area contributed by atoms with Crippen molar-refractivity contribution >= 4 is 22.9 Å². The van der Waals surface area contributed by atoms with Gasteiger partial charge in [-0.2, -0.15) is 5.10 Å². The molecule has 2 aromatic rings. The third-order valence-electron chi connectivity index (χ3n) is 4.39. The minimum atomic E-state index is -0.247. The monoisotopic (exact) mass is 347 g/mol. The summed E-state index contributed by atoms with van der Waals surface area (Å²) in [7, 11) is 1.72. The zero-order valence-corrected chi connectivity index (χ0v) is 14.7. The largest absolute Gasteiger partial charge is 0.370 e. The highest BCUT2D eigenvalue weighted by molar-refractivity contribution is 7.09. The van der Waals surface area contributed by atoms with Gasteiger partial charge in [-0.05, 0) is 19.8 Å². The van der Waals surface area contributed by atoms with Gasteiger partial charge in [-0.15, -0.1) is 11.3 Å². The fourth-order valence-corrected chi connectivity index (χ4v) is 3.49. The molecular formula is C16H21N5O2S. The quantitative estimate of drug-likeness (QED) is 0.820. The predicted octanol–water partition coefficient (Wildman–Crippen LogP) is 1.52. The van der Waals surface area contributed by atoms with Crippen LogP contribution in [0.15, 0.2) is 28.6 Å². The van der Waals surface area contributed by atoms with Crippen molar-refractivity contribution in [2.45, 2.75) is 32.4 Å². The first-order valence-corrected chi connectivity index (χ1v) is 8.91. The molecule has 3 heterocycles. The lowest BCUT2D eigenvalue weighted by molar-refractivity contribution is -0.132. The maximum atomic E-state index is 12.4. The van der Waals surface area contributed by atoms with Crippen molar-refractivity contribution < 1.29 is 4.79 Å². The second-order valence-electron chi connectivity index (χ2n) is 5.95. The SMILES string of the molecule is CC(c1nccs1)N(C)C(=O)Cn1ncc(N2CCCC2)cc1=O. The van der Waals surface area contributed by atoms with Crippen molar-refractivity contribution in [2.24, 2.45) is 0 Å². The van der Waals surface area contributed by atoms with Gasteiger partial charge >= 0.3 is 0 Å². The molecule has 0 saturated carbocycles. The third kappa shape index (κ3) is 3.48. The Kier molecular flexibility index (Phi) is 4.94.